The maximum absolute atomic E-state index is 12.3. The molecule has 0 aromatic carbocycles. The van der Waals surface area contributed by atoms with E-state index in [-0.39, 0.29) is 18.2 Å². The third-order valence-corrected chi connectivity index (χ3v) is 3.50. The van der Waals surface area contributed by atoms with Crippen LogP contribution in [0.3, 0.4) is 0 Å². The van der Waals surface area contributed by atoms with Gasteiger partial charge in [0.05, 0.1) is 17.8 Å². The summed E-state index contributed by atoms with van der Waals surface area (Å²) in [5.41, 5.74) is 2.17. The first-order valence-corrected chi connectivity index (χ1v) is 6.16. The minimum atomic E-state index is -0.570. The number of nitrogens with one attached hydrogen (secondary N) is 1. The van der Waals surface area contributed by atoms with Crippen molar-refractivity contribution in [1.82, 2.24) is 15.2 Å². The molecule has 0 radical (unpaired) electrons. The molecule has 1 aromatic heterocycles. The lowest BCUT2D eigenvalue weighted by Crippen LogP contribution is -2.52. The van der Waals surface area contributed by atoms with Gasteiger partial charge in [-0.2, -0.15) is 0 Å². The van der Waals surface area contributed by atoms with Crippen molar-refractivity contribution in [2.75, 3.05) is 0 Å². The highest BCUT2D eigenvalue weighted by molar-refractivity contribution is 6.05. The third kappa shape index (κ3) is 1.89. The zero-order valence-corrected chi connectivity index (χ0v) is 10.5. The van der Waals surface area contributed by atoms with Crippen molar-refractivity contribution in [3.63, 3.8) is 0 Å². The number of piperidine rings is 1. The molecule has 3 heterocycles. The van der Waals surface area contributed by atoms with E-state index >= 15 is 0 Å². The van der Waals surface area contributed by atoms with Crippen LogP contribution in [-0.2, 0) is 16.1 Å². The Bertz CT molecular complexity index is 597. The topological polar surface area (TPSA) is 79.4 Å². The van der Waals surface area contributed by atoms with Crippen LogP contribution in [0.5, 0.6) is 0 Å². The Morgan fingerprint density at radius 1 is 1.37 bits per heavy atom. The van der Waals surface area contributed by atoms with Gasteiger partial charge in [0, 0.05) is 12.6 Å². The maximum Gasteiger partial charge on any atom is 0.256 e. The number of hydrogen-bond acceptors (Lipinski definition) is 4. The second kappa shape index (κ2) is 4.15. The molecule has 19 heavy (non-hydrogen) atoms. The molecule has 1 aromatic rings. The minimum Gasteiger partial charge on any atom is -0.321 e. The summed E-state index contributed by atoms with van der Waals surface area (Å²) in [6.07, 6.45) is 2.35. The molecule has 0 spiro atoms. The van der Waals surface area contributed by atoms with Gasteiger partial charge in [-0.25, -0.2) is 0 Å². The van der Waals surface area contributed by atoms with Crippen LogP contribution >= 0.6 is 0 Å². The Morgan fingerprint density at radius 3 is 2.89 bits per heavy atom. The number of carbonyl (C=O) groups excluding carboxylic acids is 3. The summed E-state index contributed by atoms with van der Waals surface area (Å²) in [6.45, 7) is 2.20. The molecule has 1 unspecified atom stereocenters. The van der Waals surface area contributed by atoms with Crippen LogP contribution in [0.15, 0.2) is 12.3 Å². The second-order valence-corrected chi connectivity index (χ2v) is 4.91. The number of pyridine rings is 1. The molecule has 98 valence electrons. The van der Waals surface area contributed by atoms with Gasteiger partial charge >= 0.3 is 0 Å². The van der Waals surface area contributed by atoms with Crippen LogP contribution < -0.4 is 5.32 Å². The number of aryl methyl sites for hydroxylation is 1. The van der Waals surface area contributed by atoms with Crippen LogP contribution in [0, 0.1) is 6.92 Å². The van der Waals surface area contributed by atoms with Crippen molar-refractivity contribution >= 4 is 17.7 Å². The Balaban J connectivity index is 1.88. The Kier molecular flexibility index (Phi) is 2.58. The normalized spacial score (nSPS) is 22.5. The Morgan fingerprint density at radius 2 is 2.16 bits per heavy atom. The zero-order chi connectivity index (χ0) is 13.6. The average Bonchev–Trinajstić information content (AvgIpc) is 2.67. The Labute approximate surface area is 109 Å². The first-order valence-electron chi connectivity index (χ1n) is 6.16. The lowest BCUT2D eigenvalue weighted by Gasteiger charge is -2.29. The standard InChI is InChI=1S/C13H13N3O3/c1-7-4-8-9(14-5-7)6-16(13(8)19)10-2-3-11(17)15-12(10)18/h4-5,10H,2-3,6H2,1H3,(H,15,17,18). The van der Waals surface area contributed by atoms with E-state index in [0.717, 1.165) is 5.56 Å². The number of rotatable bonds is 1. The van der Waals surface area contributed by atoms with E-state index in [4.69, 9.17) is 0 Å². The van der Waals surface area contributed by atoms with Gasteiger partial charge in [-0.05, 0) is 25.0 Å². The number of aromatic nitrogens is 1. The van der Waals surface area contributed by atoms with E-state index in [1.807, 2.05) is 6.92 Å². The third-order valence-electron chi connectivity index (χ3n) is 3.50. The number of amides is 3. The van der Waals surface area contributed by atoms with E-state index in [1.165, 1.54) is 4.90 Å². The maximum atomic E-state index is 12.3. The van der Waals surface area contributed by atoms with E-state index in [0.29, 0.717) is 24.2 Å². The predicted octanol–water partition coefficient (Wildman–Crippen LogP) is 0.151. The quantitative estimate of drug-likeness (QED) is 0.728. The van der Waals surface area contributed by atoms with Crippen LogP contribution in [0.4, 0.5) is 0 Å². The highest BCUT2D eigenvalue weighted by Crippen LogP contribution is 2.26. The summed E-state index contributed by atoms with van der Waals surface area (Å²) in [5, 5.41) is 2.27. The average molecular weight is 259 g/mol. The molecule has 6 nitrogen and oxygen atoms in total. The fraction of sp³-hybridized carbons (Fsp3) is 0.385. The molecule has 0 bridgehead atoms. The largest absolute Gasteiger partial charge is 0.321 e. The van der Waals surface area contributed by atoms with Gasteiger partial charge in [0.2, 0.25) is 11.8 Å². The van der Waals surface area contributed by atoms with Gasteiger partial charge in [0.1, 0.15) is 6.04 Å². The molecule has 1 atom stereocenters. The molecule has 2 aliphatic heterocycles. The van der Waals surface area contributed by atoms with Crippen LogP contribution in [0.25, 0.3) is 0 Å². The predicted molar refractivity (Wildman–Crippen MR) is 65.0 cm³/mol. The van der Waals surface area contributed by atoms with Crippen LogP contribution in [0.1, 0.15) is 34.5 Å². The molecule has 0 saturated carbocycles. The summed E-state index contributed by atoms with van der Waals surface area (Å²) in [4.78, 5) is 41.0. The van der Waals surface area contributed by atoms with Gasteiger partial charge < -0.3 is 4.90 Å². The monoisotopic (exact) mass is 259 g/mol. The molecule has 6 heteroatoms. The summed E-state index contributed by atoms with van der Waals surface area (Å²) < 4.78 is 0. The number of hydrogen-bond donors (Lipinski definition) is 1. The van der Waals surface area contributed by atoms with Crippen molar-refractivity contribution in [2.45, 2.75) is 32.4 Å². The molecule has 3 rings (SSSR count). The summed E-state index contributed by atoms with van der Waals surface area (Å²) in [7, 11) is 0. The van der Waals surface area contributed by atoms with Gasteiger partial charge in [-0.1, -0.05) is 0 Å². The van der Waals surface area contributed by atoms with E-state index in [9.17, 15) is 14.4 Å². The molecular weight excluding hydrogens is 246 g/mol. The van der Waals surface area contributed by atoms with E-state index in [1.54, 1.807) is 12.3 Å². The van der Waals surface area contributed by atoms with Gasteiger partial charge in [0.25, 0.3) is 5.91 Å². The molecule has 1 N–H and O–H groups in total. The lowest BCUT2D eigenvalue weighted by molar-refractivity contribution is -0.136. The lowest BCUT2D eigenvalue weighted by atomic mass is 10.0. The molecule has 2 aliphatic rings. The Hall–Kier alpha value is -2.24. The van der Waals surface area contributed by atoms with Crippen LogP contribution in [-0.4, -0.2) is 33.6 Å². The summed E-state index contributed by atoms with van der Waals surface area (Å²) >= 11 is 0. The van der Waals surface area contributed by atoms with E-state index in [2.05, 4.69) is 10.3 Å². The van der Waals surface area contributed by atoms with Crippen LogP contribution in [0.2, 0.25) is 0 Å². The highest BCUT2D eigenvalue weighted by Gasteiger charge is 2.39. The summed E-state index contributed by atoms with van der Waals surface area (Å²) in [6, 6.07) is 1.22. The zero-order valence-electron chi connectivity index (χ0n) is 10.5. The fourth-order valence-electron chi connectivity index (χ4n) is 2.53. The minimum absolute atomic E-state index is 0.180. The van der Waals surface area contributed by atoms with Crippen molar-refractivity contribution in [3.05, 3.63) is 29.1 Å². The van der Waals surface area contributed by atoms with Crippen molar-refractivity contribution in [3.8, 4) is 0 Å². The smallest absolute Gasteiger partial charge is 0.256 e. The molecular formula is C13H13N3O3. The number of nitrogens with zero attached hydrogens (tertiary/aromatic N) is 2. The number of imide groups is 1. The van der Waals surface area contributed by atoms with Crippen molar-refractivity contribution < 1.29 is 14.4 Å². The second-order valence-electron chi connectivity index (χ2n) is 4.91. The van der Waals surface area contributed by atoms with Gasteiger partial charge in [0.15, 0.2) is 0 Å². The van der Waals surface area contributed by atoms with Crippen molar-refractivity contribution in [2.24, 2.45) is 0 Å². The first-order chi connectivity index (χ1) is 9.06. The van der Waals surface area contributed by atoms with Gasteiger partial charge in [-0.3, -0.25) is 24.7 Å². The first kappa shape index (κ1) is 11.8. The highest BCUT2D eigenvalue weighted by atomic mass is 16.2. The fourth-order valence-corrected chi connectivity index (χ4v) is 2.53. The number of fused-ring (bicyclic) bond motifs is 1. The van der Waals surface area contributed by atoms with Crippen molar-refractivity contribution in [1.29, 1.82) is 0 Å². The molecule has 0 aliphatic carbocycles. The molecule has 3 amide bonds. The van der Waals surface area contributed by atoms with E-state index < -0.39 is 11.9 Å². The molecule has 1 fully saturated rings. The number of carbonyl (C=O) groups is 3. The van der Waals surface area contributed by atoms with Gasteiger partial charge in [-0.15, -0.1) is 0 Å². The summed E-state index contributed by atoms with van der Waals surface area (Å²) in [5.74, 6) is -0.853. The molecule has 1 saturated heterocycles. The SMILES string of the molecule is Cc1cnc2c(c1)C(=O)N(C1CCC(=O)NC1=O)C2.